The molecule has 3 atom stereocenters. The number of nitrogens with one attached hydrogen (secondary N) is 1. The summed E-state index contributed by atoms with van der Waals surface area (Å²) < 4.78 is 4.98. The minimum atomic E-state index is -0.242. The average Bonchev–Trinajstić information content (AvgIpc) is 3.02. The van der Waals surface area contributed by atoms with Gasteiger partial charge >= 0.3 is 5.97 Å². The van der Waals surface area contributed by atoms with Crippen LogP contribution in [0.4, 0.5) is 5.69 Å². The fraction of sp³-hybridized carbons (Fsp3) is 0.562. The molecule has 2 aliphatic carbocycles. The van der Waals surface area contributed by atoms with E-state index in [1.165, 1.54) is 25.7 Å². The lowest BCUT2D eigenvalue weighted by Gasteiger charge is -2.24. The Labute approximate surface area is 114 Å². The van der Waals surface area contributed by atoms with Gasteiger partial charge in [0.25, 0.3) is 0 Å². The number of ether oxygens (including phenoxy) is 1. The highest BCUT2D eigenvalue weighted by atomic mass is 16.5. The highest BCUT2D eigenvalue weighted by Gasteiger charge is 2.39. The largest absolute Gasteiger partial charge is 0.462 e. The Morgan fingerprint density at radius 1 is 1.26 bits per heavy atom. The summed E-state index contributed by atoms with van der Waals surface area (Å²) in [6.45, 7) is 2.24. The summed E-state index contributed by atoms with van der Waals surface area (Å²) in [5, 5.41) is 3.62. The number of rotatable bonds is 4. The second-order valence-electron chi connectivity index (χ2n) is 5.72. The van der Waals surface area contributed by atoms with Gasteiger partial charge in [-0.1, -0.05) is 6.42 Å². The molecule has 19 heavy (non-hydrogen) atoms. The minimum absolute atomic E-state index is 0.242. The molecular weight excluding hydrogens is 238 g/mol. The number of hydrogen-bond acceptors (Lipinski definition) is 3. The van der Waals surface area contributed by atoms with Gasteiger partial charge in [-0.15, -0.1) is 0 Å². The molecule has 0 spiro atoms. The van der Waals surface area contributed by atoms with Crippen LogP contribution in [0.3, 0.4) is 0 Å². The predicted molar refractivity (Wildman–Crippen MR) is 75.3 cm³/mol. The standard InChI is InChI=1S/C16H21NO2/c1-2-19-16(18)12-5-7-14(8-6-12)17-15-10-11-3-4-13(15)9-11/h5-8,11,13,15,17H,2-4,9-10H2,1H3. The fourth-order valence-electron chi connectivity index (χ4n) is 3.55. The molecule has 1 aromatic carbocycles. The zero-order valence-corrected chi connectivity index (χ0v) is 11.4. The zero-order valence-electron chi connectivity index (χ0n) is 11.4. The molecule has 1 aromatic rings. The lowest BCUT2D eigenvalue weighted by molar-refractivity contribution is 0.0526. The van der Waals surface area contributed by atoms with E-state index in [2.05, 4.69) is 5.32 Å². The van der Waals surface area contributed by atoms with E-state index in [1.807, 2.05) is 31.2 Å². The van der Waals surface area contributed by atoms with Crippen molar-refractivity contribution in [3.8, 4) is 0 Å². The molecule has 2 fully saturated rings. The zero-order chi connectivity index (χ0) is 13.2. The van der Waals surface area contributed by atoms with Crippen molar-refractivity contribution >= 4 is 11.7 Å². The molecule has 2 aliphatic rings. The summed E-state index contributed by atoms with van der Waals surface area (Å²) in [5.41, 5.74) is 1.74. The smallest absolute Gasteiger partial charge is 0.338 e. The highest BCUT2D eigenvalue weighted by Crippen LogP contribution is 2.45. The van der Waals surface area contributed by atoms with Crippen molar-refractivity contribution in [2.75, 3.05) is 11.9 Å². The molecule has 0 aromatic heterocycles. The van der Waals surface area contributed by atoms with Gasteiger partial charge in [-0.25, -0.2) is 4.79 Å². The van der Waals surface area contributed by atoms with Crippen molar-refractivity contribution in [3.63, 3.8) is 0 Å². The van der Waals surface area contributed by atoms with Crippen LogP contribution in [0.5, 0.6) is 0 Å². The monoisotopic (exact) mass is 259 g/mol. The lowest BCUT2D eigenvalue weighted by atomic mass is 9.95. The molecule has 2 bridgehead atoms. The first-order valence-electron chi connectivity index (χ1n) is 7.30. The van der Waals surface area contributed by atoms with Crippen LogP contribution in [-0.4, -0.2) is 18.6 Å². The third kappa shape index (κ3) is 2.60. The van der Waals surface area contributed by atoms with Crippen LogP contribution in [0.25, 0.3) is 0 Å². The molecule has 3 unspecified atom stereocenters. The lowest BCUT2D eigenvalue weighted by Crippen LogP contribution is -2.25. The van der Waals surface area contributed by atoms with Crippen LogP contribution in [0, 0.1) is 11.8 Å². The molecular formula is C16H21NO2. The van der Waals surface area contributed by atoms with Crippen LogP contribution >= 0.6 is 0 Å². The SMILES string of the molecule is CCOC(=O)c1ccc(NC2CC3CCC2C3)cc1. The van der Waals surface area contributed by atoms with Gasteiger partial charge in [0.15, 0.2) is 0 Å². The summed E-state index contributed by atoms with van der Waals surface area (Å²) in [6, 6.07) is 8.28. The second kappa shape index (κ2) is 5.24. The molecule has 0 amide bonds. The Morgan fingerprint density at radius 3 is 2.63 bits per heavy atom. The molecule has 0 aliphatic heterocycles. The van der Waals surface area contributed by atoms with Crippen molar-refractivity contribution in [2.24, 2.45) is 11.8 Å². The topological polar surface area (TPSA) is 38.3 Å². The van der Waals surface area contributed by atoms with Crippen molar-refractivity contribution < 1.29 is 9.53 Å². The van der Waals surface area contributed by atoms with E-state index in [4.69, 9.17) is 4.74 Å². The van der Waals surface area contributed by atoms with Gasteiger partial charge in [0.05, 0.1) is 12.2 Å². The molecule has 0 heterocycles. The van der Waals surface area contributed by atoms with Crippen molar-refractivity contribution in [1.82, 2.24) is 0 Å². The summed E-state index contributed by atoms with van der Waals surface area (Å²) in [6.07, 6.45) is 5.51. The number of benzene rings is 1. The van der Waals surface area contributed by atoms with Crippen molar-refractivity contribution in [3.05, 3.63) is 29.8 Å². The third-order valence-electron chi connectivity index (χ3n) is 4.49. The van der Waals surface area contributed by atoms with Crippen LogP contribution in [0.1, 0.15) is 43.0 Å². The van der Waals surface area contributed by atoms with E-state index in [0.717, 1.165) is 17.5 Å². The summed E-state index contributed by atoms with van der Waals surface area (Å²) >= 11 is 0. The first-order valence-corrected chi connectivity index (χ1v) is 7.30. The maximum atomic E-state index is 11.6. The van der Waals surface area contributed by atoms with E-state index in [1.54, 1.807) is 0 Å². The number of carbonyl (C=O) groups is 1. The molecule has 3 rings (SSSR count). The molecule has 2 saturated carbocycles. The van der Waals surface area contributed by atoms with Crippen LogP contribution in [0.2, 0.25) is 0 Å². The Hall–Kier alpha value is -1.51. The first-order chi connectivity index (χ1) is 9.26. The van der Waals surface area contributed by atoms with Crippen molar-refractivity contribution in [1.29, 1.82) is 0 Å². The Bertz CT molecular complexity index is 454. The summed E-state index contributed by atoms with van der Waals surface area (Å²) in [5.74, 6) is 1.56. The quantitative estimate of drug-likeness (QED) is 0.841. The number of carbonyl (C=O) groups excluding carboxylic acids is 1. The van der Waals surface area contributed by atoms with Gasteiger partial charge < -0.3 is 10.1 Å². The van der Waals surface area contributed by atoms with Gasteiger partial charge in [0.1, 0.15) is 0 Å². The van der Waals surface area contributed by atoms with Gasteiger partial charge in [0, 0.05) is 11.7 Å². The van der Waals surface area contributed by atoms with E-state index in [9.17, 15) is 4.79 Å². The Balaban J connectivity index is 1.61. The van der Waals surface area contributed by atoms with E-state index < -0.39 is 0 Å². The fourth-order valence-corrected chi connectivity index (χ4v) is 3.55. The maximum Gasteiger partial charge on any atom is 0.338 e. The van der Waals surface area contributed by atoms with Gasteiger partial charge in [-0.2, -0.15) is 0 Å². The number of esters is 1. The number of fused-ring (bicyclic) bond motifs is 2. The van der Waals surface area contributed by atoms with Gasteiger partial charge in [-0.05, 0) is 62.3 Å². The summed E-state index contributed by atoms with van der Waals surface area (Å²) in [4.78, 5) is 11.6. The Morgan fingerprint density at radius 2 is 2.05 bits per heavy atom. The minimum Gasteiger partial charge on any atom is -0.462 e. The first kappa shape index (κ1) is 12.5. The molecule has 1 N–H and O–H groups in total. The predicted octanol–water partition coefficient (Wildman–Crippen LogP) is 3.46. The highest BCUT2D eigenvalue weighted by molar-refractivity contribution is 5.89. The third-order valence-corrected chi connectivity index (χ3v) is 4.49. The Kier molecular flexibility index (Phi) is 3.45. The molecule has 3 heteroatoms. The van der Waals surface area contributed by atoms with Gasteiger partial charge in [-0.3, -0.25) is 0 Å². The molecule has 0 saturated heterocycles. The van der Waals surface area contributed by atoms with Crippen LogP contribution in [0.15, 0.2) is 24.3 Å². The van der Waals surface area contributed by atoms with E-state index >= 15 is 0 Å². The maximum absolute atomic E-state index is 11.6. The van der Waals surface area contributed by atoms with Crippen LogP contribution in [-0.2, 0) is 4.74 Å². The van der Waals surface area contributed by atoms with E-state index in [0.29, 0.717) is 18.2 Å². The molecule has 0 radical (unpaired) electrons. The summed E-state index contributed by atoms with van der Waals surface area (Å²) in [7, 11) is 0. The number of hydrogen-bond donors (Lipinski definition) is 1. The van der Waals surface area contributed by atoms with E-state index in [-0.39, 0.29) is 5.97 Å². The normalized spacial score (nSPS) is 28.4. The second-order valence-corrected chi connectivity index (χ2v) is 5.72. The van der Waals surface area contributed by atoms with Crippen molar-refractivity contribution in [2.45, 2.75) is 38.6 Å². The van der Waals surface area contributed by atoms with Crippen LogP contribution < -0.4 is 5.32 Å². The average molecular weight is 259 g/mol. The molecule has 102 valence electrons. The molecule has 3 nitrogen and oxygen atoms in total. The number of anilines is 1. The van der Waals surface area contributed by atoms with Gasteiger partial charge in [0.2, 0.25) is 0 Å².